The highest BCUT2D eigenvalue weighted by atomic mass is 32.7. The molecule has 72 valence electrons. The molecular weight excluding hydrogens is 199 g/mol. The number of rotatable bonds is 4. The molecule has 0 bridgehead atoms. The fourth-order valence-electron chi connectivity index (χ4n) is 1.21. The zero-order chi connectivity index (χ0) is 9.73. The third kappa shape index (κ3) is 2.62. The minimum absolute atomic E-state index is 0.746. The van der Waals surface area contributed by atoms with E-state index in [1.807, 2.05) is 37.3 Å². The van der Waals surface area contributed by atoms with Crippen molar-refractivity contribution >= 4 is 23.0 Å². The zero-order valence-corrected chi connectivity index (χ0v) is 9.78. The molecule has 0 N–H and O–H groups in total. The molecule has 0 aliphatic carbocycles. The predicted octanol–water partition coefficient (Wildman–Crippen LogP) is 3.36. The van der Waals surface area contributed by atoms with Crippen LogP contribution in [-0.2, 0) is 4.57 Å². The maximum atomic E-state index is 12.3. The van der Waals surface area contributed by atoms with Gasteiger partial charge >= 0.3 is 0 Å². The second kappa shape index (κ2) is 4.88. The quantitative estimate of drug-likeness (QED) is 0.715. The topological polar surface area (TPSA) is 17.1 Å². The van der Waals surface area contributed by atoms with E-state index in [-0.39, 0.29) is 0 Å². The third-order valence-electron chi connectivity index (χ3n) is 1.90. The zero-order valence-electron chi connectivity index (χ0n) is 8.06. The minimum Gasteiger partial charge on any atom is -0.307 e. The molecule has 0 spiro atoms. The Balaban J connectivity index is 2.96. The van der Waals surface area contributed by atoms with Gasteiger partial charge in [0.2, 0.25) is 0 Å². The molecule has 3 heteroatoms. The molecule has 1 rings (SSSR count). The molecule has 0 heterocycles. The molecule has 1 unspecified atom stereocenters. The van der Waals surface area contributed by atoms with Crippen LogP contribution in [0, 0.1) is 0 Å². The van der Waals surface area contributed by atoms with Crippen LogP contribution >= 0.6 is 17.7 Å². The lowest BCUT2D eigenvalue weighted by molar-refractivity contribution is 0.591. The molecule has 0 saturated carbocycles. The standard InChI is InChI=1S/C10H15OPS/c1-3-12(11,13-4-2)10-8-6-5-7-9-10/h5-9H,3-4H2,1-2H3. The molecule has 0 fully saturated rings. The fourth-order valence-corrected chi connectivity index (χ4v) is 5.56. The smallest absolute Gasteiger partial charge is 0.166 e. The van der Waals surface area contributed by atoms with Crippen molar-refractivity contribution in [3.63, 3.8) is 0 Å². The Hall–Kier alpha value is -0.200. The molecule has 13 heavy (non-hydrogen) atoms. The molecule has 1 aromatic rings. The largest absolute Gasteiger partial charge is 0.307 e. The van der Waals surface area contributed by atoms with Crippen LogP contribution in [-0.4, -0.2) is 11.9 Å². The first kappa shape index (κ1) is 10.9. The van der Waals surface area contributed by atoms with Crippen molar-refractivity contribution in [1.82, 2.24) is 0 Å². The lowest BCUT2D eigenvalue weighted by Crippen LogP contribution is -2.03. The van der Waals surface area contributed by atoms with Gasteiger partial charge in [-0.15, -0.1) is 0 Å². The van der Waals surface area contributed by atoms with E-state index >= 15 is 0 Å². The van der Waals surface area contributed by atoms with E-state index in [1.165, 1.54) is 0 Å². The maximum Gasteiger partial charge on any atom is 0.166 e. The van der Waals surface area contributed by atoms with Crippen molar-refractivity contribution in [3.8, 4) is 0 Å². The van der Waals surface area contributed by atoms with Crippen molar-refractivity contribution in [1.29, 1.82) is 0 Å². The van der Waals surface area contributed by atoms with Gasteiger partial charge in [0, 0.05) is 11.5 Å². The lowest BCUT2D eigenvalue weighted by Gasteiger charge is -2.14. The van der Waals surface area contributed by atoms with E-state index < -0.39 is 6.34 Å². The highest BCUT2D eigenvalue weighted by Gasteiger charge is 2.21. The molecular formula is C10H15OPS. The maximum absolute atomic E-state index is 12.3. The average molecular weight is 214 g/mol. The minimum atomic E-state index is -2.14. The van der Waals surface area contributed by atoms with Gasteiger partial charge in [0.15, 0.2) is 6.34 Å². The Morgan fingerprint density at radius 3 is 2.31 bits per heavy atom. The summed E-state index contributed by atoms with van der Waals surface area (Å²) in [5, 5.41) is 1.00. The summed E-state index contributed by atoms with van der Waals surface area (Å²) in [6, 6.07) is 9.79. The molecule has 0 saturated heterocycles. The van der Waals surface area contributed by atoms with Crippen molar-refractivity contribution in [2.24, 2.45) is 0 Å². The van der Waals surface area contributed by atoms with E-state index in [9.17, 15) is 4.57 Å². The normalized spacial score (nSPS) is 15.2. The predicted molar refractivity (Wildman–Crippen MR) is 62.4 cm³/mol. The van der Waals surface area contributed by atoms with E-state index in [0.717, 1.165) is 17.2 Å². The monoisotopic (exact) mass is 214 g/mol. The fraction of sp³-hybridized carbons (Fsp3) is 0.400. The molecule has 0 aliphatic heterocycles. The molecule has 0 aliphatic rings. The van der Waals surface area contributed by atoms with E-state index in [2.05, 4.69) is 6.92 Å². The van der Waals surface area contributed by atoms with Crippen LogP contribution in [0.15, 0.2) is 30.3 Å². The van der Waals surface area contributed by atoms with Crippen LogP contribution in [0.4, 0.5) is 0 Å². The van der Waals surface area contributed by atoms with Crippen molar-refractivity contribution in [2.45, 2.75) is 13.8 Å². The number of hydrogen-bond acceptors (Lipinski definition) is 2. The third-order valence-corrected chi connectivity index (χ3v) is 7.93. The Morgan fingerprint density at radius 1 is 1.23 bits per heavy atom. The number of hydrogen-bond donors (Lipinski definition) is 0. The first-order valence-electron chi connectivity index (χ1n) is 4.52. The van der Waals surface area contributed by atoms with E-state index in [0.29, 0.717) is 0 Å². The van der Waals surface area contributed by atoms with Gasteiger partial charge in [0.05, 0.1) is 0 Å². The second-order valence-corrected chi connectivity index (χ2v) is 8.62. The van der Waals surface area contributed by atoms with Gasteiger partial charge in [-0.25, -0.2) is 0 Å². The summed E-state index contributed by atoms with van der Waals surface area (Å²) in [6.07, 6.45) is -1.39. The van der Waals surface area contributed by atoms with Gasteiger partial charge in [-0.05, 0) is 5.75 Å². The molecule has 1 nitrogen and oxygen atoms in total. The highest BCUT2D eigenvalue weighted by Crippen LogP contribution is 2.56. The van der Waals surface area contributed by atoms with Gasteiger partial charge < -0.3 is 4.57 Å². The SMILES string of the molecule is CCSP(=O)(CC)c1ccccc1. The number of benzene rings is 1. The Labute approximate surface area is 84.1 Å². The Morgan fingerprint density at radius 2 is 1.85 bits per heavy atom. The van der Waals surface area contributed by atoms with E-state index in [4.69, 9.17) is 0 Å². The van der Waals surface area contributed by atoms with Crippen LogP contribution in [0.3, 0.4) is 0 Å². The van der Waals surface area contributed by atoms with Gasteiger partial charge in [-0.3, -0.25) is 0 Å². The average Bonchev–Trinajstić information content (AvgIpc) is 2.19. The molecule has 0 amide bonds. The van der Waals surface area contributed by atoms with Crippen molar-refractivity contribution < 1.29 is 4.57 Å². The van der Waals surface area contributed by atoms with Crippen LogP contribution in [0.2, 0.25) is 0 Å². The van der Waals surface area contributed by atoms with Crippen LogP contribution in [0.25, 0.3) is 0 Å². The summed E-state index contributed by atoms with van der Waals surface area (Å²) in [6.45, 7) is 4.05. The Bertz CT molecular complexity index is 297. The van der Waals surface area contributed by atoms with Crippen LogP contribution < -0.4 is 5.30 Å². The van der Waals surface area contributed by atoms with Crippen molar-refractivity contribution in [2.75, 3.05) is 11.9 Å². The highest BCUT2D eigenvalue weighted by molar-refractivity contribution is 8.60. The lowest BCUT2D eigenvalue weighted by atomic mass is 10.4. The van der Waals surface area contributed by atoms with Gasteiger partial charge in [0.25, 0.3) is 0 Å². The van der Waals surface area contributed by atoms with Gasteiger partial charge in [-0.1, -0.05) is 55.6 Å². The summed E-state index contributed by atoms with van der Waals surface area (Å²) in [7, 11) is 0. The summed E-state index contributed by atoms with van der Waals surface area (Å²) >= 11 is 1.59. The second-order valence-electron chi connectivity index (χ2n) is 2.74. The van der Waals surface area contributed by atoms with Crippen LogP contribution in [0.1, 0.15) is 13.8 Å². The molecule has 0 radical (unpaired) electrons. The summed E-state index contributed by atoms with van der Waals surface area (Å²) in [5.74, 6) is 0.917. The van der Waals surface area contributed by atoms with Crippen molar-refractivity contribution in [3.05, 3.63) is 30.3 Å². The molecule has 1 atom stereocenters. The molecule has 0 aromatic heterocycles. The van der Waals surface area contributed by atoms with Gasteiger partial charge in [0.1, 0.15) is 0 Å². The summed E-state index contributed by atoms with van der Waals surface area (Å²) in [4.78, 5) is 0. The van der Waals surface area contributed by atoms with Crippen LogP contribution in [0.5, 0.6) is 0 Å². The summed E-state index contributed by atoms with van der Waals surface area (Å²) < 4.78 is 12.3. The Kier molecular flexibility index (Phi) is 4.08. The first-order valence-corrected chi connectivity index (χ1v) is 8.00. The summed E-state index contributed by atoms with van der Waals surface area (Å²) in [5.41, 5.74) is 0. The van der Waals surface area contributed by atoms with Gasteiger partial charge in [-0.2, -0.15) is 0 Å². The molecule has 1 aromatic carbocycles. The van der Waals surface area contributed by atoms with E-state index in [1.54, 1.807) is 11.4 Å². The first-order chi connectivity index (χ1) is 6.23.